The van der Waals surface area contributed by atoms with Gasteiger partial charge < -0.3 is 0 Å². The predicted molar refractivity (Wildman–Crippen MR) is 143 cm³/mol. The molecule has 0 saturated carbocycles. The van der Waals surface area contributed by atoms with Crippen LogP contribution in [0, 0.1) is 5.41 Å². The van der Waals surface area contributed by atoms with Crippen LogP contribution < -0.4 is 0 Å². The predicted octanol–water partition coefficient (Wildman–Crippen LogP) is 10.2. The largest absolute Gasteiger partial charge is 0.0683 e. The Balaban J connectivity index is 0.000000704. The Morgan fingerprint density at radius 3 is 1.13 bits per heavy atom. The summed E-state index contributed by atoms with van der Waals surface area (Å²) in [6.45, 7) is 23.1. The van der Waals surface area contributed by atoms with E-state index in [0.29, 0.717) is 5.41 Å². The molecule has 0 aliphatic heterocycles. The summed E-state index contributed by atoms with van der Waals surface area (Å²) in [5.41, 5.74) is 7.37. The molecule has 0 radical (unpaired) electrons. The first-order valence-electron chi connectivity index (χ1n) is 12.1. The number of fused-ring (bicyclic) bond motifs is 3. The van der Waals surface area contributed by atoms with Crippen molar-refractivity contribution in [3.8, 4) is 11.1 Å². The standard InChI is InChI=1S/C20H16.C5H12.3C2H6/c1-20(15-9-3-2-4-10-15)18-13-7-5-11-16(18)17-12-6-8-14-19(17)20;1-5(2,3)4;3*1-2/h2-14H,1H3;1-4H3;3*1-2H3. The van der Waals surface area contributed by atoms with Gasteiger partial charge in [0.2, 0.25) is 0 Å². The molecule has 4 rings (SSSR count). The first-order valence-corrected chi connectivity index (χ1v) is 12.1. The Bertz CT molecular complexity index is 799. The molecule has 1 aliphatic rings. The fourth-order valence-electron chi connectivity index (χ4n) is 3.54. The van der Waals surface area contributed by atoms with Crippen LogP contribution in [0.15, 0.2) is 78.9 Å². The lowest BCUT2D eigenvalue weighted by Gasteiger charge is -2.28. The molecular weight excluding hydrogens is 372 g/mol. The van der Waals surface area contributed by atoms with Gasteiger partial charge >= 0.3 is 0 Å². The molecule has 0 nitrogen and oxygen atoms in total. The summed E-state index contributed by atoms with van der Waals surface area (Å²) < 4.78 is 0. The molecule has 3 aromatic rings. The zero-order valence-electron chi connectivity index (χ0n) is 22.0. The van der Waals surface area contributed by atoms with Gasteiger partial charge in [-0.25, -0.2) is 0 Å². The van der Waals surface area contributed by atoms with Crippen molar-refractivity contribution in [3.05, 3.63) is 95.6 Å². The summed E-state index contributed by atoms with van der Waals surface area (Å²) in [5, 5.41) is 0. The van der Waals surface area contributed by atoms with Crippen LogP contribution in [0.5, 0.6) is 0 Å². The first-order chi connectivity index (χ1) is 14.8. The fourth-order valence-corrected chi connectivity index (χ4v) is 3.54. The third kappa shape index (κ3) is 7.39. The number of benzene rings is 3. The maximum Gasteiger partial charge on any atom is 0.0435 e. The van der Waals surface area contributed by atoms with Crippen molar-refractivity contribution in [3.63, 3.8) is 0 Å². The molecule has 0 spiro atoms. The molecule has 3 aromatic carbocycles. The minimum absolute atomic E-state index is 0.0472. The second-order valence-corrected chi connectivity index (χ2v) is 8.58. The van der Waals surface area contributed by atoms with Crippen LogP contribution in [0.3, 0.4) is 0 Å². The van der Waals surface area contributed by atoms with Gasteiger partial charge in [0, 0.05) is 5.41 Å². The molecule has 0 atom stereocenters. The lowest BCUT2D eigenvalue weighted by Crippen LogP contribution is -2.22. The smallest absolute Gasteiger partial charge is 0.0435 e. The molecule has 31 heavy (non-hydrogen) atoms. The molecule has 0 heterocycles. The Labute approximate surface area is 193 Å². The van der Waals surface area contributed by atoms with Crippen molar-refractivity contribution in [1.82, 2.24) is 0 Å². The molecule has 0 fully saturated rings. The minimum Gasteiger partial charge on any atom is -0.0683 e. The number of hydrogen-bond acceptors (Lipinski definition) is 0. The van der Waals surface area contributed by atoms with Crippen molar-refractivity contribution in [1.29, 1.82) is 0 Å². The van der Waals surface area contributed by atoms with Crippen molar-refractivity contribution in [2.75, 3.05) is 0 Å². The molecule has 0 amide bonds. The van der Waals surface area contributed by atoms with Gasteiger partial charge in [0.05, 0.1) is 0 Å². The van der Waals surface area contributed by atoms with E-state index in [0.717, 1.165) is 0 Å². The summed E-state index contributed by atoms with van der Waals surface area (Å²) in [7, 11) is 0. The highest BCUT2D eigenvalue weighted by atomic mass is 14.4. The van der Waals surface area contributed by atoms with Gasteiger partial charge in [-0.1, -0.05) is 148 Å². The second kappa shape index (κ2) is 13.9. The highest BCUT2D eigenvalue weighted by Crippen LogP contribution is 2.51. The third-order valence-corrected chi connectivity index (χ3v) is 4.57. The molecule has 1 aliphatic carbocycles. The van der Waals surface area contributed by atoms with Gasteiger partial charge in [-0.15, -0.1) is 0 Å². The zero-order chi connectivity index (χ0) is 24.1. The second-order valence-electron chi connectivity index (χ2n) is 8.58. The Hall–Kier alpha value is -2.34. The maximum absolute atomic E-state index is 2.34. The van der Waals surface area contributed by atoms with Gasteiger partial charge in [0.25, 0.3) is 0 Å². The summed E-state index contributed by atoms with van der Waals surface area (Å²) in [6, 6.07) is 28.4. The third-order valence-electron chi connectivity index (χ3n) is 4.57. The van der Waals surface area contributed by atoms with Gasteiger partial charge in [-0.3, -0.25) is 0 Å². The van der Waals surface area contributed by atoms with E-state index in [1.807, 2.05) is 41.5 Å². The Morgan fingerprint density at radius 2 is 0.774 bits per heavy atom. The van der Waals surface area contributed by atoms with Crippen LogP contribution in [0.4, 0.5) is 0 Å². The van der Waals surface area contributed by atoms with Crippen LogP contribution in [0.2, 0.25) is 0 Å². The number of hydrogen-bond donors (Lipinski definition) is 0. The van der Waals surface area contributed by atoms with E-state index in [4.69, 9.17) is 0 Å². The van der Waals surface area contributed by atoms with E-state index in [-0.39, 0.29) is 5.41 Å². The van der Waals surface area contributed by atoms with Gasteiger partial charge in [-0.2, -0.15) is 0 Å². The minimum atomic E-state index is -0.0472. The maximum atomic E-state index is 2.34. The first kappa shape index (κ1) is 28.7. The van der Waals surface area contributed by atoms with Crippen LogP contribution >= 0.6 is 0 Å². The van der Waals surface area contributed by atoms with Crippen LogP contribution in [0.25, 0.3) is 11.1 Å². The van der Waals surface area contributed by atoms with E-state index < -0.39 is 0 Å². The molecule has 0 N–H and O–H groups in total. The molecule has 0 bridgehead atoms. The average molecular weight is 419 g/mol. The quantitative estimate of drug-likeness (QED) is 0.368. The lowest BCUT2D eigenvalue weighted by atomic mass is 9.74. The zero-order valence-corrected chi connectivity index (χ0v) is 22.0. The average Bonchev–Trinajstić information content (AvgIpc) is 3.08. The van der Waals surface area contributed by atoms with Crippen molar-refractivity contribution < 1.29 is 0 Å². The monoisotopic (exact) mass is 418 g/mol. The van der Waals surface area contributed by atoms with Crippen LogP contribution in [-0.4, -0.2) is 0 Å². The highest BCUT2D eigenvalue weighted by Gasteiger charge is 2.39. The molecule has 0 heteroatoms. The molecule has 0 unspecified atom stereocenters. The summed E-state index contributed by atoms with van der Waals surface area (Å²) in [6.07, 6.45) is 0. The SMILES string of the molecule is CC.CC.CC.CC(C)(C)C.CC1(c2ccccc2)c2ccccc2-c2ccccc21. The van der Waals surface area contributed by atoms with Crippen molar-refractivity contribution in [2.24, 2.45) is 5.41 Å². The normalized spacial score (nSPS) is 12.0. The Kier molecular flexibility index (Phi) is 12.8. The molecular formula is C31H46. The molecule has 0 saturated heterocycles. The topological polar surface area (TPSA) is 0 Å². The fraction of sp³-hybridized carbons (Fsp3) is 0.419. The van der Waals surface area contributed by atoms with Crippen LogP contribution in [-0.2, 0) is 5.41 Å². The van der Waals surface area contributed by atoms with E-state index >= 15 is 0 Å². The molecule has 170 valence electrons. The summed E-state index contributed by atoms with van der Waals surface area (Å²) >= 11 is 0. The lowest BCUT2D eigenvalue weighted by molar-refractivity contribution is 0.469. The van der Waals surface area contributed by atoms with Crippen molar-refractivity contribution in [2.45, 2.75) is 81.6 Å². The summed E-state index contributed by atoms with van der Waals surface area (Å²) in [5.74, 6) is 0. The number of rotatable bonds is 1. The van der Waals surface area contributed by atoms with Crippen LogP contribution in [0.1, 0.15) is 92.9 Å². The van der Waals surface area contributed by atoms with E-state index in [1.54, 1.807) is 0 Å². The highest BCUT2D eigenvalue weighted by molar-refractivity contribution is 5.82. The van der Waals surface area contributed by atoms with Crippen molar-refractivity contribution >= 4 is 0 Å². The summed E-state index contributed by atoms with van der Waals surface area (Å²) in [4.78, 5) is 0. The van der Waals surface area contributed by atoms with E-state index in [2.05, 4.69) is 113 Å². The van der Waals surface area contributed by atoms with Gasteiger partial charge in [0.15, 0.2) is 0 Å². The van der Waals surface area contributed by atoms with E-state index in [9.17, 15) is 0 Å². The van der Waals surface area contributed by atoms with Gasteiger partial charge in [0.1, 0.15) is 0 Å². The molecule has 0 aromatic heterocycles. The van der Waals surface area contributed by atoms with E-state index in [1.165, 1.54) is 27.8 Å². The van der Waals surface area contributed by atoms with Gasteiger partial charge in [-0.05, 0) is 40.2 Å². The Morgan fingerprint density at radius 1 is 0.484 bits per heavy atom.